The van der Waals surface area contributed by atoms with E-state index in [4.69, 9.17) is 0 Å². The van der Waals surface area contributed by atoms with Crippen LogP contribution in [0.5, 0.6) is 0 Å². The highest BCUT2D eigenvalue weighted by Gasteiger charge is 1.86. The molecule has 0 aromatic rings. The third-order valence-corrected chi connectivity index (χ3v) is 0.711. The van der Waals surface area contributed by atoms with Crippen LogP contribution in [0.3, 0.4) is 0 Å². The molecule has 0 aromatic carbocycles. The first-order valence-corrected chi connectivity index (χ1v) is 2.39. The molecule has 1 heteroatoms. The average Bonchev–Trinajstić information content (AvgIpc) is 1.68. The smallest absolute Gasteiger partial charge is 0.126 e. The molecule has 0 N–H and O–H groups in total. The summed E-state index contributed by atoms with van der Waals surface area (Å²) in [5.41, 5.74) is 0. The van der Waals surface area contributed by atoms with Crippen molar-refractivity contribution < 1.29 is 4.79 Å². The van der Waals surface area contributed by atoms with Gasteiger partial charge in [-0.05, 0) is 6.92 Å². The van der Waals surface area contributed by atoms with E-state index in [2.05, 4.69) is 0 Å². The van der Waals surface area contributed by atoms with Crippen molar-refractivity contribution in [2.24, 2.45) is 5.92 Å². The predicted molar refractivity (Wildman–Crippen MR) is 30.0 cm³/mol. The molecule has 0 heterocycles. The number of hydrogen-bond donors (Lipinski definition) is 0. The lowest BCUT2D eigenvalue weighted by Gasteiger charge is -1.86. The number of rotatable bonds is 2. The van der Waals surface area contributed by atoms with Gasteiger partial charge in [-0.25, -0.2) is 0 Å². The maximum Gasteiger partial charge on any atom is 0.126 e. The quantitative estimate of drug-likeness (QED) is 0.377. The molecule has 0 bridgehead atoms. The van der Waals surface area contributed by atoms with Crippen molar-refractivity contribution >= 4 is 6.29 Å². The van der Waals surface area contributed by atoms with Crippen LogP contribution in [0.1, 0.15) is 13.8 Å². The van der Waals surface area contributed by atoms with Crippen molar-refractivity contribution in [1.29, 1.82) is 0 Å². The van der Waals surface area contributed by atoms with Crippen molar-refractivity contribution in [2.75, 3.05) is 0 Å². The summed E-state index contributed by atoms with van der Waals surface area (Å²) in [7, 11) is 0. The van der Waals surface area contributed by atoms with Gasteiger partial charge in [0.25, 0.3) is 0 Å². The molecule has 0 aliphatic carbocycles. The lowest BCUT2D eigenvalue weighted by atomic mass is 10.2. The summed E-state index contributed by atoms with van der Waals surface area (Å²) in [5, 5.41) is 0. The Labute approximate surface area is 44.0 Å². The summed E-state index contributed by atoms with van der Waals surface area (Å²) in [6.07, 6.45) is 4.64. The highest BCUT2D eigenvalue weighted by Crippen LogP contribution is 1.88. The molecule has 7 heavy (non-hydrogen) atoms. The van der Waals surface area contributed by atoms with Crippen molar-refractivity contribution in [1.82, 2.24) is 0 Å². The minimum atomic E-state index is 0.0880. The van der Waals surface area contributed by atoms with Gasteiger partial charge in [0.15, 0.2) is 0 Å². The van der Waals surface area contributed by atoms with Gasteiger partial charge in [-0.3, -0.25) is 0 Å². The third kappa shape index (κ3) is 3.23. The molecule has 0 amide bonds. The Kier molecular flexibility index (Phi) is 3.29. The van der Waals surface area contributed by atoms with Crippen molar-refractivity contribution in [3.8, 4) is 0 Å². The number of aldehydes is 1. The molecular formula is C6H10O. The molecule has 0 saturated heterocycles. The van der Waals surface area contributed by atoms with Gasteiger partial charge in [-0.15, -0.1) is 0 Å². The van der Waals surface area contributed by atoms with E-state index in [1.165, 1.54) is 0 Å². The number of carbonyl (C=O) groups excluding carboxylic acids is 1. The number of allylic oxidation sites excluding steroid dienone is 2. The fraction of sp³-hybridized carbons (Fsp3) is 0.500. The minimum Gasteiger partial charge on any atom is -0.303 e. The topological polar surface area (TPSA) is 17.1 Å². The Morgan fingerprint density at radius 1 is 1.57 bits per heavy atom. The lowest BCUT2D eigenvalue weighted by molar-refractivity contribution is -0.109. The summed E-state index contributed by atoms with van der Waals surface area (Å²) in [6.45, 7) is 3.76. The molecule has 0 aliphatic rings. The van der Waals surface area contributed by atoms with Gasteiger partial charge >= 0.3 is 0 Å². The van der Waals surface area contributed by atoms with Crippen LogP contribution in [0.15, 0.2) is 12.2 Å². The Hall–Kier alpha value is -0.590. The highest BCUT2D eigenvalue weighted by molar-refractivity contribution is 5.55. The van der Waals surface area contributed by atoms with Crippen molar-refractivity contribution in [2.45, 2.75) is 13.8 Å². The summed E-state index contributed by atoms with van der Waals surface area (Å²) in [5.74, 6) is 0.0880. The van der Waals surface area contributed by atoms with E-state index in [1.807, 2.05) is 26.0 Å². The van der Waals surface area contributed by atoms with Crippen molar-refractivity contribution in [3.05, 3.63) is 12.2 Å². The van der Waals surface area contributed by atoms with Gasteiger partial charge in [-0.1, -0.05) is 19.1 Å². The van der Waals surface area contributed by atoms with Crippen LogP contribution in [-0.4, -0.2) is 6.29 Å². The van der Waals surface area contributed by atoms with Crippen LogP contribution in [-0.2, 0) is 4.79 Å². The van der Waals surface area contributed by atoms with E-state index in [9.17, 15) is 4.79 Å². The maximum absolute atomic E-state index is 9.84. The molecule has 0 spiro atoms. The highest BCUT2D eigenvalue weighted by atomic mass is 16.1. The lowest BCUT2D eigenvalue weighted by Crippen LogP contribution is -1.86. The molecule has 1 unspecified atom stereocenters. The number of carbonyl (C=O) groups is 1. The minimum absolute atomic E-state index is 0.0880. The molecule has 1 atom stereocenters. The first-order chi connectivity index (χ1) is 3.31. The van der Waals surface area contributed by atoms with Gasteiger partial charge in [0.2, 0.25) is 0 Å². The Morgan fingerprint density at radius 3 is 2.29 bits per heavy atom. The van der Waals surface area contributed by atoms with Crippen LogP contribution in [0.25, 0.3) is 0 Å². The normalized spacial score (nSPS) is 14.6. The van der Waals surface area contributed by atoms with Gasteiger partial charge in [-0.2, -0.15) is 0 Å². The number of hydrogen-bond acceptors (Lipinski definition) is 1. The SMILES string of the molecule is CC=CC(C)C=O. The molecule has 0 fully saturated rings. The maximum atomic E-state index is 9.84. The van der Waals surface area contributed by atoms with E-state index in [1.54, 1.807) is 0 Å². The van der Waals surface area contributed by atoms with Crippen LogP contribution >= 0.6 is 0 Å². The second-order valence-electron chi connectivity index (χ2n) is 1.52. The summed E-state index contributed by atoms with van der Waals surface area (Å²) >= 11 is 0. The molecule has 0 aliphatic heterocycles. The molecular weight excluding hydrogens is 88.1 g/mol. The van der Waals surface area contributed by atoms with E-state index in [0.717, 1.165) is 6.29 Å². The first kappa shape index (κ1) is 6.41. The van der Waals surface area contributed by atoms with Gasteiger partial charge < -0.3 is 4.79 Å². The molecule has 0 saturated carbocycles. The van der Waals surface area contributed by atoms with E-state index in [-0.39, 0.29) is 5.92 Å². The zero-order valence-corrected chi connectivity index (χ0v) is 4.72. The van der Waals surface area contributed by atoms with E-state index in [0.29, 0.717) is 0 Å². The average molecular weight is 98.1 g/mol. The van der Waals surface area contributed by atoms with Crippen LogP contribution in [0, 0.1) is 5.92 Å². The van der Waals surface area contributed by atoms with Gasteiger partial charge in [0.1, 0.15) is 6.29 Å². The first-order valence-electron chi connectivity index (χ1n) is 2.39. The third-order valence-electron chi connectivity index (χ3n) is 0.711. The van der Waals surface area contributed by atoms with Crippen molar-refractivity contribution in [3.63, 3.8) is 0 Å². The summed E-state index contributed by atoms with van der Waals surface area (Å²) < 4.78 is 0. The zero-order chi connectivity index (χ0) is 5.70. The standard InChI is InChI=1S/C6H10O/c1-3-4-6(2)5-7/h3-6H,1-2H3. The Balaban J connectivity index is 3.35. The molecule has 0 aromatic heterocycles. The summed E-state index contributed by atoms with van der Waals surface area (Å²) in [4.78, 5) is 9.84. The summed E-state index contributed by atoms with van der Waals surface area (Å²) in [6, 6.07) is 0. The fourth-order valence-electron chi connectivity index (χ4n) is 0.349. The largest absolute Gasteiger partial charge is 0.303 e. The molecule has 40 valence electrons. The molecule has 1 nitrogen and oxygen atoms in total. The van der Waals surface area contributed by atoms with Crippen LogP contribution in [0.2, 0.25) is 0 Å². The van der Waals surface area contributed by atoms with E-state index >= 15 is 0 Å². The van der Waals surface area contributed by atoms with Crippen LogP contribution in [0.4, 0.5) is 0 Å². The Morgan fingerprint density at radius 2 is 2.14 bits per heavy atom. The Bertz CT molecular complexity index is 74.2. The second-order valence-corrected chi connectivity index (χ2v) is 1.52. The van der Waals surface area contributed by atoms with E-state index < -0.39 is 0 Å². The van der Waals surface area contributed by atoms with Gasteiger partial charge in [0.05, 0.1) is 0 Å². The second kappa shape index (κ2) is 3.59. The van der Waals surface area contributed by atoms with Crippen LogP contribution < -0.4 is 0 Å². The predicted octanol–water partition coefficient (Wildman–Crippen LogP) is 1.40. The fourth-order valence-corrected chi connectivity index (χ4v) is 0.349. The molecule has 0 radical (unpaired) electrons. The monoisotopic (exact) mass is 98.1 g/mol. The zero-order valence-electron chi connectivity index (χ0n) is 4.72. The molecule has 0 rings (SSSR count). The van der Waals surface area contributed by atoms with Gasteiger partial charge in [0, 0.05) is 5.92 Å².